The largest absolute Gasteiger partial charge is 0.455 e. The summed E-state index contributed by atoms with van der Waals surface area (Å²) in [6.07, 6.45) is 0.999. The Kier molecular flexibility index (Phi) is 6.55. The fourth-order valence-corrected chi connectivity index (χ4v) is 2.23. The minimum absolute atomic E-state index is 0.0849. The van der Waals surface area contributed by atoms with Crippen molar-refractivity contribution in [2.75, 3.05) is 6.61 Å². The second-order valence-corrected chi connectivity index (χ2v) is 5.78. The molecule has 1 amide bonds. The monoisotopic (exact) mass is 325 g/mol. The molecule has 0 aromatic heterocycles. The first kappa shape index (κ1) is 17.7. The Morgan fingerprint density at radius 3 is 2.25 bits per heavy atom. The molecule has 0 saturated carbocycles. The van der Waals surface area contributed by atoms with Crippen LogP contribution in [0.15, 0.2) is 54.6 Å². The van der Waals surface area contributed by atoms with Crippen LogP contribution in [0.4, 0.5) is 0 Å². The molecule has 2 aromatic carbocycles. The van der Waals surface area contributed by atoms with Gasteiger partial charge in [0.1, 0.15) is 0 Å². The van der Waals surface area contributed by atoms with E-state index in [0.29, 0.717) is 0 Å². The summed E-state index contributed by atoms with van der Waals surface area (Å²) in [7, 11) is 0. The van der Waals surface area contributed by atoms with E-state index in [9.17, 15) is 9.59 Å². The first-order valence-electron chi connectivity index (χ1n) is 8.18. The van der Waals surface area contributed by atoms with Gasteiger partial charge in [-0.2, -0.15) is 0 Å². The summed E-state index contributed by atoms with van der Waals surface area (Å²) in [5.41, 5.74) is 3.09. The van der Waals surface area contributed by atoms with Crippen molar-refractivity contribution in [2.24, 2.45) is 0 Å². The lowest BCUT2D eigenvalue weighted by Gasteiger charge is -2.11. The van der Waals surface area contributed by atoms with E-state index in [2.05, 4.69) is 5.32 Å². The van der Waals surface area contributed by atoms with Gasteiger partial charge in [-0.1, -0.05) is 61.5 Å². The van der Waals surface area contributed by atoms with Gasteiger partial charge in [-0.25, -0.2) is 0 Å². The first-order valence-corrected chi connectivity index (χ1v) is 8.18. The van der Waals surface area contributed by atoms with Gasteiger partial charge in [-0.15, -0.1) is 0 Å². The third-order valence-electron chi connectivity index (χ3n) is 3.79. The standard InChI is InChI=1S/C20H23NO3/c1-3-15(2)21-19(22)14-24-20(23)13-16-9-11-18(12-10-16)17-7-5-4-6-8-17/h4-12,15H,3,13-14H2,1-2H3,(H,21,22). The van der Waals surface area contributed by atoms with Crippen LogP contribution in [0.25, 0.3) is 11.1 Å². The molecule has 0 aliphatic heterocycles. The number of hydrogen-bond donors (Lipinski definition) is 1. The number of benzene rings is 2. The van der Waals surface area contributed by atoms with E-state index in [1.54, 1.807) is 0 Å². The fraction of sp³-hybridized carbons (Fsp3) is 0.300. The molecule has 0 aliphatic rings. The highest BCUT2D eigenvalue weighted by atomic mass is 16.5. The Hall–Kier alpha value is -2.62. The van der Waals surface area contributed by atoms with Gasteiger partial charge in [0.15, 0.2) is 6.61 Å². The number of hydrogen-bond acceptors (Lipinski definition) is 3. The maximum absolute atomic E-state index is 11.8. The maximum atomic E-state index is 11.8. The molecule has 126 valence electrons. The fourth-order valence-electron chi connectivity index (χ4n) is 2.23. The molecular weight excluding hydrogens is 302 g/mol. The van der Waals surface area contributed by atoms with E-state index in [-0.39, 0.29) is 25.0 Å². The molecule has 2 aromatic rings. The zero-order chi connectivity index (χ0) is 17.4. The summed E-state index contributed by atoms with van der Waals surface area (Å²) < 4.78 is 5.02. The Morgan fingerprint density at radius 2 is 1.62 bits per heavy atom. The summed E-state index contributed by atoms with van der Waals surface area (Å²) in [6, 6.07) is 17.9. The average Bonchev–Trinajstić information content (AvgIpc) is 2.61. The van der Waals surface area contributed by atoms with E-state index in [4.69, 9.17) is 4.74 Å². The highest BCUT2D eigenvalue weighted by Gasteiger charge is 2.10. The normalized spacial score (nSPS) is 11.6. The van der Waals surface area contributed by atoms with Crippen molar-refractivity contribution in [1.82, 2.24) is 5.32 Å². The molecule has 0 saturated heterocycles. The third kappa shape index (κ3) is 5.54. The second kappa shape index (κ2) is 8.87. The van der Waals surface area contributed by atoms with E-state index < -0.39 is 5.97 Å². The summed E-state index contributed by atoms with van der Waals surface area (Å²) >= 11 is 0. The highest BCUT2D eigenvalue weighted by molar-refractivity contribution is 5.81. The average molecular weight is 325 g/mol. The van der Waals surface area contributed by atoms with Gasteiger partial charge >= 0.3 is 5.97 Å². The van der Waals surface area contributed by atoms with Gasteiger partial charge in [0.25, 0.3) is 5.91 Å². The predicted molar refractivity (Wildman–Crippen MR) is 94.4 cm³/mol. The van der Waals surface area contributed by atoms with Crippen molar-refractivity contribution in [3.8, 4) is 11.1 Å². The lowest BCUT2D eigenvalue weighted by Crippen LogP contribution is -2.35. The Labute approximate surface area is 142 Å². The number of nitrogens with one attached hydrogen (secondary N) is 1. The van der Waals surface area contributed by atoms with Crippen molar-refractivity contribution in [1.29, 1.82) is 0 Å². The van der Waals surface area contributed by atoms with Crippen LogP contribution in [0.5, 0.6) is 0 Å². The predicted octanol–water partition coefficient (Wildman–Crippen LogP) is 3.35. The van der Waals surface area contributed by atoms with Gasteiger partial charge < -0.3 is 10.1 Å². The number of rotatable bonds is 7. The quantitative estimate of drug-likeness (QED) is 0.794. The van der Waals surface area contributed by atoms with Crippen LogP contribution >= 0.6 is 0 Å². The van der Waals surface area contributed by atoms with E-state index >= 15 is 0 Å². The molecule has 0 fully saturated rings. The lowest BCUT2D eigenvalue weighted by atomic mass is 10.0. The maximum Gasteiger partial charge on any atom is 0.310 e. The van der Waals surface area contributed by atoms with Gasteiger partial charge in [0.05, 0.1) is 6.42 Å². The minimum Gasteiger partial charge on any atom is -0.455 e. The summed E-state index contributed by atoms with van der Waals surface area (Å²) in [5, 5.41) is 2.76. The van der Waals surface area contributed by atoms with Crippen LogP contribution in [0.3, 0.4) is 0 Å². The van der Waals surface area contributed by atoms with Crippen molar-refractivity contribution in [3.63, 3.8) is 0 Å². The van der Waals surface area contributed by atoms with Crippen LogP contribution < -0.4 is 5.32 Å². The van der Waals surface area contributed by atoms with Crippen LogP contribution in [0.1, 0.15) is 25.8 Å². The van der Waals surface area contributed by atoms with Gasteiger partial charge in [-0.3, -0.25) is 9.59 Å². The summed E-state index contributed by atoms with van der Waals surface area (Å²) in [4.78, 5) is 23.4. The molecule has 0 aliphatic carbocycles. The molecule has 1 N–H and O–H groups in total. The molecule has 4 nitrogen and oxygen atoms in total. The number of carbonyl (C=O) groups is 2. The molecule has 0 spiro atoms. The van der Waals surface area contributed by atoms with Crippen molar-refractivity contribution in [3.05, 3.63) is 60.2 Å². The molecule has 2 rings (SSSR count). The third-order valence-corrected chi connectivity index (χ3v) is 3.79. The number of ether oxygens (including phenoxy) is 1. The number of carbonyl (C=O) groups excluding carboxylic acids is 2. The summed E-state index contributed by atoms with van der Waals surface area (Å²) in [5.74, 6) is -0.668. The Bertz CT molecular complexity index is 665. The molecule has 0 bridgehead atoms. The highest BCUT2D eigenvalue weighted by Crippen LogP contribution is 2.19. The van der Waals surface area contributed by atoms with Crippen molar-refractivity contribution >= 4 is 11.9 Å². The van der Waals surface area contributed by atoms with E-state index in [1.807, 2.05) is 68.4 Å². The van der Waals surface area contributed by atoms with Crippen LogP contribution in [0.2, 0.25) is 0 Å². The van der Waals surface area contributed by atoms with Gasteiger partial charge in [0.2, 0.25) is 0 Å². The second-order valence-electron chi connectivity index (χ2n) is 5.78. The zero-order valence-corrected chi connectivity index (χ0v) is 14.1. The SMILES string of the molecule is CCC(C)NC(=O)COC(=O)Cc1ccc(-c2ccccc2)cc1. The van der Waals surface area contributed by atoms with Gasteiger partial charge in [-0.05, 0) is 30.0 Å². The molecule has 0 heterocycles. The molecule has 4 heteroatoms. The Balaban J connectivity index is 1.83. The van der Waals surface area contributed by atoms with E-state index in [0.717, 1.165) is 23.1 Å². The van der Waals surface area contributed by atoms with Crippen LogP contribution in [0, 0.1) is 0 Å². The topological polar surface area (TPSA) is 55.4 Å². The molecule has 1 atom stereocenters. The van der Waals surface area contributed by atoms with Crippen LogP contribution in [-0.4, -0.2) is 24.5 Å². The molecule has 1 unspecified atom stereocenters. The zero-order valence-electron chi connectivity index (χ0n) is 14.1. The molecular formula is C20H23NO3. The minimum atomic E-state index is -0.401. The van der Waals surface area contributed by atoms with Crippen molar-refractivity contribution < 1.29 is 14.3 Å². The lowest BCUT2D eigenvalue weighted by molar-refractivity contribution is -0.148. The smallest absolute Gasteiger partial charge is 0.310 e. The summed E-state index contributed by atoms with van der Waals surface area (Å²) in [6.45, 7) is 3.66. The first-order chi connectivity index (χ1) is 11.6. The van der Waals surface area contributed by atoms with Crippen LogP contribution in [-0.2, 0) is 20.7 Å². The number of esters is 1. The van der Waals surface area contributed by atoms with Crippen molar-refractivity contribution in [2.45, 2.75) is 32.7 Å². The number of amides is 1. The molecule has 0 radical (unpaired) electrons. The molecule has 24 heavy (non-hydrogen) atoms. The Morgan fingerprint density at radius 1 is 1.00 bits per heavy atom. The van der Waals surface area contributed by atoms with E-state index in [1.165, 1.54) is 0 Å². The van der Waals surface area contributed by atoms with Gasteiger partial charge in [0, 0.05) is 6.04 Å².